The van der Waals surface area contributed by atoms with E-state index in [1.807, 2.05) is 30.0 Å². The molecule has 150 valence electrons. The third-order valence-corrected chi connectivity index (χ3v) is 6.25. The highest BCUT2D eigenvalue weighted by molar-refractivity contribution is 7.17. The topological polar surface area (TPSA) is 133 Å². The molecule has 1 saturated heterocycles. The van der Waals surface area contributed by atoms with E-state index in [0.717, 1.165) is 23.5 Å². The standard InChI is InChI=1S/C19H21N7O2S/c1-11-15(29-18(24-11)13-4-2-3-7-22-13)19(28)25-8-5-12(6-9-25)26-10-23-14(16(26)20)17(21)27/h2-4,7,10,12H,5-6,8-9,20H2,1H3,(H2,21,27). The fourth-order valence-electron chi connectivity index (χ4n) is 3.54. The first-order valence-corrected chi connectivity index (χ1v) is 10.1. The summed E-state index contributed by atoms with van der Waals surface area (Å²) in [5.74, 6) is -0.379. The van der Waals surface area contributed by atoms with Crippen molar-refractivity contribution in [1.29, 1.82) is 0 Å². The Hall–Kier alpha value is -3.27. The number of nitrogen functional groups attached to an aromatic ring is 1. The van der Waals surface area contributed by atoms with Gasteiger partial charge in [0.05, 0.1) is 17.7 Å². The van der Waals surface area contributed by atoms with Gasteiger partial charge in [0.15, 0.2) is 5.69 Å². The first-order chi connectivity index (χ1) is 14.0. The Labute approximate surface area is 171 Å². The number of nitrogens with zero attached hydrogens (tertiary/aromatic N) is 5. The summed E-state index contributed by atoms with van der Waals surface area (Å²) < 4.78 is 1.78. The second-order valence-corrected chi connectivity index (χ2v) is 7.92. The van der Waals surface area contributed by atoms with Crippen LogP contribution < -0.4 is 11.5 Å². The first-order valence-electron chi connectivity index (χ1n) is 9.26. The van der Waals surface area contributed by atoms with Gasteiger partial charge in [-0.3, -0.25) is 14.6 Å². The van der Waals surface area contributed by atoms with E-state index in [9.17, 15) is 9.59 Å². The van der Waals surface area contributed by atoms with Crippen molar-refractivity contribution in [3.8, 4) is 10.7 Å². The molecule has 1 aliphatic rings. The van der Waals surface area contributed by atoms with E-state index < -0.39 is 5.91 Å². The minimum absolute atomic E-state index is 0.0166. The molecular weight excluding hydrogens is 390 g/mol. The molecule has 0 aromatic carbocycles. The summed E-state index contributed by atoms with van der Waals surface area (Å²) in [5, 5.41) is 0.742. The lowest BCUT2D eigenvalue weighted by molar-refractivity contribution is 0.0699. The molecule has 0 aliphatic carbocycles. The smallest absolute Gasteiger partial charge is 0.271 e. The Kier molecular flexibility index (Phi) is 5.01. The molecule has 0 unspecified atom stereocenters. The molecule has 1 aliphatic heterocycles. The van der Waals surface area contributed by atoms with E-state index in [1.54, 1.807) is 17.1 Å². The summed E-state index contributed by atoms with van der Waals surface area (Å²) in [6, 6.07) is 5.70. The summed E-state index contributed by atoms with van der Waals surface area (Å²) in [6.45, 7) is 3.02. The lowest BCUT2D eigenvalue weighted by atomic mass is 10.0. The zero-order valence-electron chi connectivity index (χ0n) is 15.9. The van der Waals surface area contributed by atoms with Gasteiger partial charge in [-0.15, -0.1) is 11.3 Å². The molecule has 0 atom stereocenters. The van der Waals surface area contributed by atoms with Crippen molar-refractivity contribution in [1.82, 2.24) is 24.4 Å². The predicted octanol–water partition coefficient (Wildman–Crippen LogP) is 1.87. The van der Waals surface area contributed by atoms with Crippen molar-refractivity contribution in [2.24, 2.45) is 5.73 Å². The van der Waals surface area contributed by atoms with Crippen LogP contribution in [0.4, 0.5) is 5.82 Å². The van der Waals surface area contributed by atoms with Crippen molar-refractivity contribution in [2.45, 2.75) is 25.8 Å². The Bertz CT molecular complexity index is 1050. The Morgan fingerprint density at radius 3 is 2.59 bits per heavy atom. The van der Waals surface area contributed by atoms with Crippen LogP contribution in [-0.4, -0.2) is 49.3 Å². The van der Waals surface area contributed by atoms with Gasteiger partial charge in [0, 0.05) is 25.3 Å². The van der Waals surface area contributed by atoms with Gasteiger partial charge in [-0.1, -0.05) is 6.07 Å². The molecule has 4 rings (SSSR count). The number of primary amides is 1. The first kappa shape index (κ1) is 19.1. The molecular formula is C19H21N7O2S. The van der Waals surface area contributed by atoms with Gasteiger partial charge in [0.2, 0.25) is 0 Å². The highest BCUT2D eigenvalue weighted by atomic mass is 32.1. The van der Waals surface area contributed by atoms with Crippen LogP contribution >= 0.6 is 11.3 Å². The number of rotatable bonds is 4. The number of thiazole rings is 1. The van der Waals surface area contributed by atoms with Crippen LogP contribution in [0.1, 0.15) is 44.7 Å². The number of carbonyl (C=O) groups excluding carboxylic acids is 2. The van der Waals surface area contributed by atoms with Crippen LogP contribution in [0.3, 0.4) is 0 Å². The third kappa shape index (κ3) is 3.58. The van der Waals surface area contributed by atoms with Gasteiger partial charge in [0.25, 0.3) is 11.8 Å². The number of hydrogen-bond acceptors (Lipinski definition) is 7. The average Bonchev–Trinajstić information content (AvgIpc) is 3.31. The molecule has 9 nitrogen and oxygen atoms in total. The fourth-order valence-corrected chi connectivity index (χ4v) is 4.55. The van der Waals surface area contributed by atoms with Gasteiger partial charge >= 0.3 is 0 Å². The number of likely N-dealkylation sites (tertiary alicyclic amines) is 1. The number of anilines is 1. The highest BCUT2D eigenvalue weighted by Crippen LogP contribution is 2.30. The third-order valence-electron chi connectivity index (χ3n) is 5.09. The quantitative estimate of drug-likeness (QED) is 0.673. The minimum atomic E-state index is -0.641. The van der Waals surface area contributed by atoms with E-state index in [1.165, 1.54) is 11.3 Å². The van der Waals surface area contributed by atoms with Gasteiger partial charge in [-0.05, 0) is 31.9 Å². The van der Waals surface area contributed by atoms with Gasteiger partial charge in [-0.2, -0.15) is 0 Å². The van der Waals surface area contributed by atoms with Crippen molar-refractivity contribution in [3.63, 3.8) is 0 Å². The largest absolute Gasteiger partial charge is 0.383 e. The molecule has 0 radical (unpaired) electrons. The molecule has 4 N–H and O–H groups in total. The molecule has 0 bridgehead atoms. The molecule has 2 amide bonds. The van der Waals surface area contributed by atoms with E-state index in [2.05, 4.69) is 15.0 Å². The second kappa shape index (κ2) is 7.63. The van der Waals surface area contributed by atoms with Crippen molar-refractivity contribution < 1.29 is 9.59 Å². The summed E-state index contributed by atoms with van der Waals surface area (Å²) >= 11 is 1.37. The van der Waals surface area contributed by atoms with Gasteiger partial charge in [0.1, 0.15) is 15.7 Å². The molecule has 0 spiro atoms. The van der Waals surface area contributed by atoms with Crippen LogP contribution in [0, 0.1) is 6.92 Å². The number of piperidine rings is 1. The summed E-state index contributed by atoms with van der Waals surface area (Å²) in [7, 11) is 0. The van der Waals surface area contributed by atoms with Gasteiger partial charge in [-0.25, -0.2) is 9.97 Å². The maximum Gasteiger partial charge on any atom is 0.271 e. The second-order valence-electron chi connectivity index (χ2n) is 6.92. The van der Waals surface area contributed by atoms with Crippen LogP contribution in [0.25, 0.3) is 10.7 Å². The normalized spacial score (nSPS) is 14.9. The maximum absolute atomic E-state index is 13.0. The number of pyridine rings is 1. The lowest BCUT2D eigenvalue weighted by Crippen LogP contribution is -2.39. The lowest BCUT2D eigenvalue weighted by Gasteiger charge is -2.32. The van der Waals surface area contributed by atoms with E-state index >= 15 is 0 Å². The van der Waals surface area contributed by atoms with Crippen molar-refractivity contribution >= 4 is 29.0 Å². The van der Waals surface area contributed by atoms with E-state index in [-0.39, 0.29) is 23.5 Å². The molecule has 4 heterocycles. The van der Waals surface area contributed by atoms with Crippen LogP contribution in [0.15, 0.2) is 30.7 Å². The van der Waals surface area contributed by atoms with E-state index in [4.69, 9.17) is 11.5 Å². The summed E-state index contributed by atoms with van der Waals surface area (Å²) in [5.41, 5.74) is 12.9. The fraction of sp³-hybridized carbons (Fsp3) is 0.316. The number of nitrogens with two attached hydrogens (primary N) is 2. The Morgan fingerprint density at radius 2 is 1.97 bits per heavy atom. The molecule has 1 fully saturated rings. The van der Waals surface area contributed by atoms with Crippen molar-refractivity contribution in [3.05, 3.63) is 47.0 Å². The monoisotopic (exact) mass is 411 g/mol. The Balaban J connectivity index is 1.46. The molecule has 3 aromatic rings. The zero-order valence-corrected chi connectivity index (χ0v) is 16.7. The molecule has 0 saturated carbocycles. The molecule has 10 heteroatoms. The van der Waals surface area contributed by atoms with Gasteiger partial charge < -0.3 is 20.9 Å². The van der Waals surface area contributed by atoms with Crippen LogP contribution in [0.5, 0.6) is 0 Å². The highest BCUT2D eigenvalue weighted by Gasteiger charge is 2.29. The number of imidazole rings is 1. The zero-order chi connectivity index (χ0) is 20.5. The van der Waals surface area contributed by atoms with Crippen LogP contribution in [-0.2, 0) is 0 Å². The Morgan fingerprint density at radius 1 is 1.21 bits per heavy atom. The number of aryl methyl sites for hydroxylation is 1. The minimum Gasteiger partial charge on any atom is -0.383 e. The summed E-state index contributed by atoms with van der Waals surface area (Å²) in [6.07, 6.45) is 4.69. The van der Waals surface area contributed by atoms with Crippen LogP contribution in [0.2, 0.25) is 0 Å². The molecule has 3 aromatic heterocycles. The summed E-state index contributed by atoms with van der Waals surface area (Å²) in [4.78, 5) is 39.7. The number of amides is 2. The van der Waals surface area contributed by atoms with Crippen molar-refractivity contribution in [2.75, 3.05) is 18.8 Å². The average molecular weight is 411 g/mol. The van der Waals surface area contributed by atoms with E-state index in [0.29, 0.717) is 23.7 Å². The SMILES string of the molecule is Cc1nc(-c2ccccn2)sc1C(=O)N1CCC(n2cnc(C(N)=O)c2N)CC1. The molecule has 29 heavy (non-hydrogen) atoms. The number of aromatic nitrogens is 4. The predicted molar refractivity (Wildman–Crippen MR) is 109 cm³/mol. The maximum atomic E-state index is 13.0. The number of carbonyl (C=O) groups is 2. The number of hydrogen-bond donors (Lipinski definition) is 2.